The van der Waals surface area contributed by atoms with E-state index in [0.717, 1.165) is 30.4 Å². The Bertz CT molecular complexity index is 782. The third kappa shape index (κ3) is 5.67. The summed E-state index contributed by atoms with van der Waals surface area (Å²) in [4.78, 5) is 16.4. The molecule has 0 aliphatic carbocycles. The number of nitrogens with zero attached hydrogens (tertiary/aromatic N) is 2. The monoisotopic (exact) mass is 390 g/mol. The van der Waals surface area contributed by atoms with Gasteiger partial charge in [0.1, 0.15) is 12.0 Å². The molecular formula is C22H34N2O4. The maximum Gasteiger partial charge on any atom is 0.353 e. The average molecular weight is 391 g/mol. The molecule has 0 aromatic carbocycles. The van der Waals surface area contributed by atoms with Gasteiger partial charge in [0.05, 0.1) is 18.1 Å². The number of aromatic nitrogens is 2. The van der Waals surface area contributed by atoms with Crippen molar-refractivity contribution in [1.29, 1.82) is 0 Å². The highest BCUT2D eigenvalue weighted by atomic mass is 16.5. The van der Waals surface area contributed by atoms with Crippen LogP contribution in [0.1, 0.15) is 89.5 Å². The molecule has 0 saturated carbocycles. The fourth-order valence-electron chi connectivity index (χ4n) is 3.94. The lowest BCUT2D eigenvalue weighted by molar-refractivity contribution is -0.0243. The van der Waals surface area contributed by atoms with Crippen LogP contribution in [0.3, 0.4) is 0 Å². The Balaban J connectivity index is 1.47. The van der Waals surface area contributed by atoms with Gasteiger partial charge in [-0.2, -0.15) is 4.98 Å². The Morgan fingerprint density at radius 3 is 2.50 bits per heavy atom. The third-order valence-electron chi connectivity index (χ3n) is 5.61. The van der Waals surface area contributed by atoms with Crippen LogP contribution < -0.4 is 5.69 Å². The van der Waals surface area contributed by atoms with Crippen LogP contribution in [0.5, 0.6) is 0 Å². The van der Waals surface area contributed by atoms with Crippen LogP contribution in [0.15, 0.2) is 21.5 Å². The first kappa shape index (κ1) is 21.1. The van der Waals surface area contributed by atoms with Crippen LogP contribution in [0, 0.1) is 0 Å². The highest BCUT2D eigenvalue weighted by Crippen LogP contribution is 2.28. The zero-order chi connectivity index (χ0) is 19.8. The minimum Gasteiger partial charge on any atom is -0.443 e. The van der Waals surface area contributed by atoms with Crippen molar-refractivity contribution in [2.24, 2.45) is 0 Å². The van der Waals surface area contributed by atoms with Gasteiger partial charge in [0, 0.05) is 12.6 Å². The molecular weight excluding hydrogens is 356 g/mol. The Morgan fingerprint density at radius 1 is 1.11 bits per heavy atom. The van der Waals surface area contributed by atoms with Crippen LogP contribution in [-0.4, -0.2) is 27.4 Å². The molecule has 6 nitrogen and oxygen atoms in total. The quantitative estimate of drug-likeness (QED) is 0.530. The second kappa shape index (κ2) is 10.8. The van der Waals surface area contributed by atoms with Crippen LogP contribution >= 0.6 is 0 Å². The third-order valence-corrected chi connectivity index (χ3v) is 5.61. The van der Waals surface area contributed by atoms with Gasteiger partial charge in [0.15, 0.2) is 0 Å². The molecule has 1 fully saturated rings. The van der Waals surface area contributed by atoms with Crippen molar-refractivity contribution in [3.05, 3.63) is 28.5 Å². The summed E-state index contributed by atoms with van der Waals surface area (Å²) >= 11 is 0. The number of unbranched alkanes of at least 4 members (excludes halogenated alkanes) is 8. The first-order valence-electron chi connectivity index (χ1n) is 11.0. The lowest BCUT2D eigenvalue weighted by atomic mass is 10.1. The molecule has 2 aromatic heterocycles. The molecule has 1 N–H and O–H groups in total. The van der Waals surface area contributed by atoms with Crippen molar-refractivity contribution < 1.29 is 14.3 Å². The lowest BCUT2D eigenvalue weighted by Crippen LogP contribution is -2.27. The SMILES string of the molecule is CCCCCCCCCCCc1cc2cn(C3CCC(CO)O3)c(=O)nc2o1. The van der Waals surface area contributed by atoms with Gasteiger partial charge in [-0.15, -0.1) is 0 Å². The number of furan rings is 1. The Hall–Kier alpha value is -1.66. The number of aryl methyl sites for hydroxylation is 1. The van der Waals surface area contributed by atoms with Gasteiger partial charge >= 0.3 is 5.69 Å². The minimum absolute atomic E-state index is 0.0183. The van der Waals surface area contributed by atoms with E-state index in [1.165, 1.54) is 55.9 Å². The van der Waals surface area contributed by atoms with Gasteiger partial charge in [-0.1, -0.05) is 58.3 Å². The number of aliphatic hydroxyl groups excluding tert-OH is 1. The molecule has 156 valence electrons. The summed E-state index contributed by atoms with van der Waals surface area (Å²) in [6.07, 6.45) is 15.2. The molecule has 3 rings (SSSR count). The van der Waals surface area contributed by atoms with Gasteiger partial charge in [-0.3, -0.25) is 4.57 Å². The maximum absolute atomic E-state index is 12.3. The fourth-order valence-corrected chi connectivity index (χ4v) is 3.94. The van der Waals surface area contributed by atoms with Crippen LogP contribution in [0.25, 0.3) is 11.1 Å². The van der Waals surface area contributed by atoms with Crippen molar-refractivity contribution in [3.63, 3.8) is 0 Å². The molecule has 0 radical (unpaired) electrons. The number of aliphatic hydroxyl groups is 1. The Labute approximate surface area is 166 Å². The summed E-state index contributed by atoms with van der Waals surface area (Å²) in [5, 5.41) is 10.1. The normalized spacial score (nSPS) is 19.6. The molecule has 1 aliphatic rings. The van der Waals surface area contributed by atoms with E-state index in [-0.39, 0.29) is 24.6 Å². The summed E-state index contributed by atoms with van der Waals surface area (Å²) in [7, 11) is 0. The zero-order valence-corrected chi connectivity index (χ0v) is 17.1. The average Bonchev–Trinajstić information content (AvgIpc) is 3.32. The molecule has 2 aromatic rings. The van der Waals surface area contributed by atoms with Crippen molar-refractivity contribution in [1.82, 2.24) is 9.55 Å². The predicted molar refractivity (Wildman–Crippen MR) is 109 cm³/mol. The maximum atomic E-state index is 12.3. The van der Waals surface area contributed by atoms with E-state index in [2.05, 4.69) is 11.9 Å². The van der Waals surface area contributed by atoms with E-state index in [9.17, 15) is 9.90 Å². The zero-order valence-electron chi connectivity index (χ0n) is 17.1. The van der Waals surface area contributed by atoms with Crippen molar-refractivity contribution in [2.45, 2.75) is 96.3 Å². The Morgan fingerprint density at radius 2 is 1.82 bits per heavy atom. The first-order valence-corrected chi connectivity index (χ1v) is 11.0. The Kier molecular flexibility index (Phi) is 8.10. The van der Waals surface area contributed by atoms with Crippen molar-refractivity contribution in [3.8, 4) is 0 Å². The molecule has 3 heterocycles. The molecule has 28 heavy (non-hydrogen) atoms. The summed E-state index contributed by atoms with van der Waals surface area (Å²) in [6, 6.07) is 1.99. The van der Waals surface area contributed by atoms with Gasteiger partial charge in [0.2, 0.25) is 5.71 Å². The van der Waals surface area contributed by atoms with Crippen LogP contribution in [0.2, 0.25) is 0 Å². The second-order valence-corrected chi connectivity index (χ2v) is 7.96. The number of hydrogen-bond donors (Lipinski definition) is 1. The van der Waals surface area contributed by atoms with Crippen molar-refractivity contribution in [2.75, 3.05) is 6.61 Å². The van der Waals surface area contributed by atoms with Gasteiger partial charge in [0.25, 0.3) is 0 Å². The van der Waals surface area contributed by atoms with E-state index in [1.807, 2.05) is 6.07 Å². The van der Waals surface area contributed by atoms with Gasteiger partial charge in [-0.05, 0) is 25.3 Å². The highest BCUT2D eigenvalue weighted by molar-refractivity contribution is 5.72. The topological polar surface area (TPSA) is 77.5 Å². The largest absolute Gasteiger partial charge is 0.443 e. The molecule has 0 bridgehead atoms. The van der Waals surface area contributed by atoms with E-state index >= 15 is 0 Å². The molecule has 0 spiro atoms. The fraction of sp³-hybridized carbons (Fsp3) is 0.727. The number of ether oxygens (including phenoxy) is 1. The molecule has 2 atom stereocenters. The van der Waals surface area contributed by atoms with Crippen molar-refractivity contribution >= 4 is 11.1 Å². The predicted octanol–water partition coefficient (Wildman–Crippen LogP) is 4.73. The molecule has 0 amide bonds. The number of hydrogen-bond acceptors (Lipinski definition) is 5. The van der Waals surface area contributed by atoms with Gasteiger partial charge < -0.3 is 14.3 Å². The number of rotatable bonds is 12. The summed E-state index contributed by atoms with van der Waals surface area (Å²) in [5.74, 6) is 0.892. The highest BCUT2D eigenvalue weighted by Gasteiger charge is 2.27. The molecule has 2 unspecified atom stereocenters. The lowest BCUT2D eigenvalue weighted by Gasteiger charge is -2.14. The van der Waals surface area contributed by atoms with Crippen LogP contribution in [-0.2, 0) is 11.2 Å². The molecule has 1 saturated heterocycles. The summed E-state index contributed by atoms with van der Waals surface area (Å²) in [5.41, 5.74) is 0.0453. The summed E-state index contributed by atoms with van der Waals surface area (Å²) in [6.45, 7) is 2.23. The van der Waals surface area contributed by atoms with E-state index < -0.39 is 0 Å². The van der Waals surface area contributed by atoms with Gasteiger partial charge in [-0.25, -0.2) is 4.79 Å². The van der Waals surface area contributed by atoms with E-state index in [0.29, 0.717) is 12.1 Å². The summed E-state index contributed by atoms with van der Waals surface area (Å²) < 4.78 is 13.0. The standard InChI is InChI=1S/C22H34N2O4/c1-2-3-4-5-6-7-8-9-10-11-18-14-17-15-24(22(26)23-21(17)28-18)20-13-12-19(16-25)27-20/h14-15,19-20,25H,2-13,16H2,1H3. The first-order chi connectivity index (χ1) is 13.7. The number of fused-ring (bicyclic) bond motifs is 1. The molecule has 1 aliphatic heterocycles. The van der Waals surface area contributed by atoms with E-state index in [4.69, 9.17) is 9.15 Å². The van der Waals surface area contributed by atoms with E-state index in [1.54, 1.807) is 6.20 Å². The molecule has 6 heteroatoms. The second-order valence-electron chi connectivity index (χ2n) is 7.96. The minimum atomic E-state index is -0.361. The smallest absolute Gasteiger partial charge is 0.353 e. The van der Waals surface area contributed by atoms with Crippen LogP contribution in [0.4, 0.5) is 0 Å².